The topological polar surface area (TPSA) is 39.6 Å². The number of aromatic nitrogens is 1. The van der Waals surface area contributed by atoms with Gasteiger partial charge in [0.05, 0.1) is 11.6 Å². The summed E-state index contributed by atoms with van der Waals surface area (Å²) in [6.07, 6.45) is 0. The summed E-state index contributed by atoms with van der Waals surface area (Å²) in [6, 6.07) is 14.2. The molecule has 0 aliphatic heterocycles. The summed E-state index contributed by atoms with van der Waals surface area (Å²) in [5.74, 6) is 0. The highest BCUT2D eigenvalue weighted by Gasteiger charge is 2.04. The Balaban J connectivity index is 2.50. The summed E-state index contributed by atoms with van der Waals surface area (Å²) in [6.45, 7) is 2.08. The molecular formula is C14H10N2. The third-order valence-corrected chi connectivity index (χ3v) is 2.88. The van der Waals surface area contributed by atoms with Gasteiger partial charge < -0.3 is 4.98 Å². The van der Waals surface area contributed by atoms with E-state index in [-0.39, 0.29) is 0 Å². The number of fused-ring (bicyclic) bond motifs is 3. The second-order valence-electron chi connectivity index (χ2n) is 4.05. The summed E-state index contributed by atoms with van der Waals surface area (Å²) in [5.41, 5.74) is 4.14. The lowest BCUT2D eigenvalue weighted by Crippen LogP contribution is -1.73. The van der Waals surface area contributed by atoms with Crippen LogP contribution in [-0.2, 0) is 0 Å². The van der Waals surface area contributed by atoms with E-state index in [0.717, 1.165) is 16.4 Å². The Bertz CT molecular complexity index is 729. The Morgan fingerprint density at radius 2 is 1.69 bits per heavy atom. The van der Waals surface area contributed by atoms with Gasteiger partial charge in [0.2, 0.25) is 0 Å². The molecule has 0 spiro atoms. The van der Waals surface area contributed by atoms with Gasteiger partial charge in [-0.05, 0) is 37.3 Å². The molecule has 0 saturated carbocycles. The predicted octanol–water partition coefficient (Wildman–Crippen LogP) is 3.50. The van der Waals surface area contributed by atoms with Crippen molar-refractivity contribution in [2.75, 3.05) is 0 Å². The second-order valence-corrected chi connectivity index (χ2v) is 4.05. The van der Waals surface area contributed by atoms with Crippen molar-refractivity contribution in [1.29, 1.82) is 5.26 Å². The summed E-state index contributed by atoms with van der Waals surface area (Å²) in [7, 11) is 0. The molecule has 0 fully saturated rings. The van der Waals surface area contributed by atoms with Gasteiger partial charge in [-0.3, -0.25) is 0 Å². The summed E-state index contributed by atoms with van der Waals surface area (Å²) >= 11 is 0. The molecular weight excluding hydrogens is 196 g/mol. The fourth-order valence-corrected chi connectivity index (χ4v) is 2.08. The van der Waals surface area contributed by atoms with Crippen molar-refractivity contribution in [3.63, 3.8) is 0 Å². The third-order valence-electron chi connectivity index (χ3n) is 2.88. The van der Waals surface area contributed by atoms with Crippen LogP contribution in [0.3, 0.4) is 0 Å². The van der Waals surface area contributed by atoms with Crippen LogP contribution >= 0.6 is 0 Å². The number of nitrogens with zero attached hydrogens (tertiary/aromatic N) is 1. The first-order valence-electron chi connectivity index (χ1n) is 5.20. The molecule has 0 bridgehead atoms. The Kier molecular flexibility index (Phi) is 1.75. The quantitative estimate of drug-likeness (QED) is 0.600. The van der Waals surface area contributed by atoms with E-state index in [4.69, 9.17) is 5.26 Å². The fourth-order valence-electron chi connectivity index (χ4n) is 2.08. The van der Waals surface area contributed by atoms with E-state index in [1.165, 1.54) is 10.9 Å². The van der Waals surface area contributed by atoms with E-state index >= 15 is 0 Å². The summed E-state index contributed by atoms with van der Waals surface area (Å²) in [4.78, 5) is 3.35. The minimum absolute atomic E-state index is 0.704. The Labute approximate surface area is 93.1 Å². The van der Waals surface area contributed by atoms with Crippen molar-refractivity contribution < 1.29 is 0 Å². The van der Waals surface area contributed by atoms with Gasteiger partial charge in [-0.1, -0.05) is 11.6 Å². The average Bonchev–Trinajstić information content (AvgIpc) is 2.66. The van der Waals surface area contributed by atoms with Crippen LogP contribution in [0.4, 0.5) is 0 Å². The minimum atomic E-state index is 0.704. The fraction of sp³-hybridized carbons (Fsp3) is 0.0714. The number of nitrogens with one attached hydrogen (secondary N) is 1. The number of benzene rings is 2. The number of aryl methyl sites for hydroxylation is 1. The Morgan fingerprint density at radius 3 is 2.44 bits per heavy atom. The molecule has 76 valence electrons. The maximum atomic E-state index is 8.90. The molecule has 3 rings (SSSR count). The first-order chi connectivity index (χ1) is 7.78. The predicted molar refractivity (Wildman–Crippen MR) is 65.3 cm³/mol. The molecule has 2 nitrogen and oxygen atoms in total. The molecule has 0 aliphatic carbocycles. The van der Waals surface area contributed by atoms with Gasteiger partial charge >= 0.3 is 0 Å². The van der Waals surface area contributed by atoms with E-state index in [2.05, 4.69) is 36.2 Å². The lowest BCUT2D eigenvalue weighted by Gasteiger charge is -1.93. The van der Waals surface area contributed by atoms with Crippen LogP contribution in [0.15, 0.2) is 36.4 Å². The Hall–Kier alpha value is -2.27. The van der Waals surface area contributed by atoms with Crippen molar-refractivity contribution in [3.8, 4) is 6.07 Å². The Morgan fingerprint density at radius 1 is 1.00 bits per heavy atom. The van der Waals surface area contributed by atoms with E-state index in [9.17, 15) is 0 Å². The van der Waals surface area contributed by atoms with Gasteiger partial charge in [0, 0.05) is 21.8 Å². The van der Waals surface area contributed by atoms with Crippen molar-refractivity contribution in [2.45, 2.75) is 6.92 Å². The third kappa shape index (κ3) is 1.19. The molecule has 2 aromatic carbocycles. The molecule has 1 N–H and O–H groups in total. The van der Waals surface area contributed by atoms with Crippen LogP contribution in [0, 0.1) is 18.3 Å². The first kappa shape index (κ1) is 8.99. The zero-order valence-corrected chi connectivity index (χ0v) is 8.91. The van der Waals surface area contributed by atoms with Gasteiger partial charge in [0.25, 0.3) is 0 Å². The van der Waals surface area contributed by atoms with Crippen molar-refractivity contribution >= 4 is 21.8 Å². The number of nitriles is 1. The molecule has 16 heavy (non-hydrogen) atoms. The van der Waals surface area contributed by atoms with E-state index in [1.54, 1.807) is 0 Å². The van der Waals surface area contributed by atoms with Crippen molar-refractivity contribution in [2.24, 2.45) is 0 Å². The molecule has 1 aromatic heterocycles. The summed E-state index contributed by atoms with van der Waals surface area (Å²) in [5, 5.41) is 11.2. The first-order valence-corrected chi connectivity index (χ1v) is 5.20. The number of rotatable bonds is 0. The molecule has 0 amide bonds. The zero-order chi connectivity index (χ0) is 11.1. The van der Waals surface area contributed by atoms with Crippen LogP contribution in [0.1, 0.15) is 11.1 Å². The SMILES string of the molecule is Cc1ccc2[nH]c3ccc(C#N)cc3c2c1. The van der Waals surface area contributed by atoms with Gasteiger partial charge in [-0.25, -0.2) is 0 Å². The van der Waals surface area contributed by atoms with Gasteiger partial charge in [-0.2, -0.15) is 5.26 Å². The van der Waals surface area contributed by atoms with Gasteiger partial charge in [0.15, 0.2) is 0 Å². The van der Waals surface area contributed by atoms with Crippen LogP contribution in [0.2, 0.25) is 0 Å². The molecule has 0 saturated heterocycles. The average molecular weight is 206 g/mol. The second kappa shape index (κ2) is 3.11. The number of hydrogen-bond donors (Lipinski definition) is 1. The zero-order valence-electron chi connectivity index (χ0n) is 8.91. The number of aromatic amines is 1. The smallest absolute Gasteiger partial charge is 0.0991 e. The molecule has 0 radical (unpaired) electrons. The minimum Gasteiger partial charge on any atom is -0.355 e. The van der Waals surface area contributed by atoms with Crippen LogP contribution in [0.25, 0.3) is 21.8 Å². The van der Waals surface area contributed by atoms with Crippen molar-refractivity contribution in [1.82, 2.24) is 4.98 Å². The van der Waals surface area contributed by atoms with Crippen LogP contribution in [0.5, 0.6) is 0 Å². The van der Waals surface area contributed by atoms with Crippen LogP contribution in [-0.4, -0.2) is 4.98 Å². The molecule has 0 aliphatic rings. The molecule has 0 atom stereocenters. The van der Waals surface area contributed by atoms with E-state index in [1.807, 2.05) is 18.2 Å². The maximum absolute atomic E-state index is 8.90. The normalized spacial score (nSPS) is 10.8. The van der Waals surface area contributed by atoms with E-state index in [0.29, 0.717) is 5.56 Å². The highest BCUT2D eigenvalue weighted by molar-refractivity contribution is 6.07. The number of H-pyrrole nitrogens is 1. The molecule has 2 heteroatoms. The number of hydrogen-bond acceptors (Lipinski definition) is 1. The lowest BCUT2D eigenvalue weighted by atomic mass is 10.1. The van der Waals surface area contributed by atoms with Gasteiger partial charge in [0.1, 0.15) is 0 Å². The maximum Gasteiger partial charge on any atom is 0.0991 e. The standard InChI is InChI=1S/C14H10N2/c1-9-2-4-13-11(6-9)12-7-10(8-15)3-5-14(12)16-13/h2-7,16H,1H3. The highest BCUT2D eigenvalue weighted by atomic mass is 14.7. The monoisotopic (exact) mass is 206 g/mol. The van der Waals surface area contributed by atoms with Crippen LogP contribution < -0.4 is 0 Å². The molecule has 1 heterocycles. The highest BCUT2D eigenvalue weighted by Crippen LogP contribution is 2.26. The lowest BCUT2D eigenvalue weighted by molar-refractivity contribution is 1.48. The largest absolute Gasteiger partial charge is 0.355 e. The van der Waals surface area contributed by atoms with E-state index < -0.39 is 0 Å². The molecule has 0 unspecified atom stereocenters. The van der Waals surface area contributed by atoms with Crippen molar-refractivity contribution in [3.05, 3.63) is 47.5 Å². The van der Waals surface area contributed by atoms with Gasteiger partial charge in [-0.15, -0.1) is 0 Å². The molecule has 3 aromatic rings. The summed E-state index contributed by atoms with van der Waals surface area (Å²) < 4.78 is 0.